The lowest BCUT2D eigenvalue weighted by atomic mass is 10.2. The molecule has 1 aromatic rings. The normalized spacial score (nSPS) is 18.5. The topological polar surface area (TPSA) is 90.5 Å². The Labute approximate surface area is 163 Å². The molecule has 0 aliphatic carbocycles. The minimum Gasteiger partial charge on any atom is -0.451 e. The number of anilines is 1. The maximum Gasteiger partial charge on any atom is 0.327 e. The molecule has 2 aliphatic rings. The zero-order valence-corrected chi connectivity index (χ0v) is 16.0. The van der Waals surface area contributed by atoms with E-state index in [1.807, 2.05) is 30.3 Å². The van der Waals surface area contributed by atoms with Crippen LogP contribution in [0.4, 0.5) is 10.5 Å². The quantitative estimate of drug-likeness (QED) is 0.527. The molecule has 0 aromatic heterocycles. The maximum absolute atomic E-state index is 12.6. The summed E-state index contributed by atoms with van der Waals surface area (Å²) in [6.07, 6.45) is -0.971. The van der Waals surface area contributed by atoms with E-state index < -0.39 is 30.6 Å². The molecule has 150 valence electrons. The Morgan fingerprint density at radius 1 is 1.07 bits per heavy atom. The first-order valence-electron chi connectivity index (χ1n) is 9.20. The number of imide groups is 1. The molecule has 0 N–H and O–H groups in total. The van der Waals surface area contributed by atoms with Crippen molar-refractivity contribution < 1.29 is 23.9 Å². The molecule has 0 saturated carbocycles. The van der Waals surface area contributed by atoms with E-state index in [-0.39, 0.29) is 12.5 Å². The van der Waals surface area contributed by atoms with Crippen LogP contribution < -0.4 is 4.90 Å². The van der Waals surface area contributed by atoms with Crippen molar-refractivity contribution in [1.82, 2.24) is 14.7 Å². The zero-order chi connectivity index (χ0) is 20.3. The highest BCUT2D eigenvalue weighted by Crippen LogP contribution is 2.16. The lowest BCUT2D eigenvalue weighted by molar-refractivity contribution is -0.160. The van der Waals surface area contributed by atoms with Crippen LogP contribution >= 0.6 is 0 Å². The summed E-state index contributed by atoms with van der Waals surface area (Å²) in [4.78, 5) is 54.1. The first-order chi connectivity index (χ1) is 13.4. The molecule has 9 nitrogen and oxygen atoms in total. The fourth-order valence-corrected chi connectivity index (χ4v) is 3.32. The first-order valence-corrected chi connectivity index (χ1v) is 9.20. The van der Waals surface area contributed by atoms with Gasteiger partial charge in [0.05, 0.1) is 0 Å². The Morgan fingerprint density at radius 2 is 1.71 bits per heavy atom. The largest absolute Gasteiger partial charge is 0.451 e. The Hall–Kier alpha value is -3.10. The van der Waals surface area contributed by atoms with Gasteiger partial charge in [0, 0.05) is 38.9 Å². The van der Waals surface area contributed by atoms with Crippen LogP contribution in [0.25, 0.3) is 0 Å². The third-order valence-corrected chi connectivity index (χ3v) is 4.89. The van der Waals surface area contributed by atoms with Gasteiger partial charge in [0.1, 0.15) is 13.1 Å². The molecule has 1 aromatic carbocycles. The van der Waals surface area contributed by atoms with Gasteiger partial charge in [-0.25, -0.2) is 4.79 Å². The number of hydrogen-bond donors (Lipinski definition) is 0. The number of carbonyl (C=O) groups excluding carboxylic acids is 4. The van der Waals surface area contributed by atoms with Crippen molar-refractivity contribution in [2.45, 2.75) is 13.0 Å². The highest BCUT2D eigenvalue weighted by Gasteiger charge is 2.36. The number of rotatable bonds is 5. The second-order valence-corrected chi connectivity index (χ2v) is 6.90. The van der Waals surface area contributed by atoms with E-state index in [1.54, 1.807) is 4.90 Å². The third-order valence-electron chi connectivity index (χ3n) is 4.89. The van der Waals surface area contributed by atoms with Crippen LogP contribution in [0.3, 0.4) is 0 Å². The van der Waals surface area contributed by atoms with Gasteiger partial charge in [-0.1, -0.05) is 18.2 Å². The average Bonchev–Trinajstić information content (AvgIpc) is 2.94. The highest BCUT2D eigenvalue weighted by atomic mass is 16.5. The second-order valence-electron chi connectivity index (χ2n) is 6.90. The Kier molecular flexibility index (Phi) is 5.81. The van der Waals surface area contributed by atoms with Gasteiger partial charge in [0.15, 0.2) is 6.10 Å². The van der Waals surface area contributed by atoms with Gasteiger partial charge in [-0.3, -0.25) is 19.3 Å². The maximum atomic E-state index is 12.6. The van der Waals surface area contributed by atoms with Gasteiger partial charge >= 0.3 is 12.0 Å². The Bertz CT molecular complexity index is 761. The van der Waals surface area contributed by atoms with Crippen LogP contribution in [0.15, 0.2) is 30.3 Å². The number of hydrogen-bond acceptors (Lipinski definition) is 6. The lowest BCUT2D eigenvalue weighted by Gasteiger charge is -2.37. The summed E-state index contributed by atoms with van der Waals surface area (Å²) in [5.41, 5.74) is 1.11. The number of benzene rings is 1. The fourth-order valence-electron chi connectivity index (χ4n) is 3.32. The highest BCUT2D eigenvalue weighted by molar-refractivity contribution is 6.04. The van der Waals surface area contributed by atoms with Gasteiger partial charge in [0.2, 0.25) is 0 Å². The Balaban J connectivity index is 1.48. The smallest absolute Gasteiger partial charge is 0.327 e. The van der Waals surface area contributed by atoms with E-state index in [1.165, 1.54) is 18.9 Å². The van der Waals surface area contributed by atoms with Crippen molar-refractivity contribution in [1.29, 1.82) is 0 Å². The summed E-state index contributed by atoms with van der Waals surface area (Å²) in [5, 5.41) is 0. The molecule has 2 aliphatic heterocycles. The molecule has 0 radical (unpaired) electrons. The molecule has 2 saturated heterocycles. The molecule has 9 heteroatoms. The fraction of sp³-hybridized carbons (Fsp3) is 0.474. The van der Waals surface area contributed by atoms with E-state index in [2.05, 4.69) is 4.90 Å². The number of ether oxygens (including phenoxy) is 1. The first kappa shape index (κ1) is 19.7. The van der Waals surface area contributed by atoms with Gasteiger partial charge in [-0.15, -0.1) is 0 Å². The standard InChI is InChI=1S/C19H24N4O5/c1-14(28-17(25)13-23-16(24)12-20(2)19(23)27)18(26)22-10-8-21(9-11-22)15-6-4-3-5-7-15/h3-7,14H,8-13H2,1-2H3/t14-/m0/s1. The summed E-state index contributed by atoms with van der Waals surface area (Å²) in [5.74, 6) is -1.52. The molecule has 2 heterocycles. The number of para-hydroxylation sites is 1. The van der Waals surface area contributed by atoms with Crippen molar-refractivity contribution in [3.63, 3.8) is 0 Å². The number of likely N-dealkylation sites (N-methyl/N-ethyl adjacent to an activating group) is 1. The molecule has 2 fully saturated rings. The minimum absolute atomic E-state index is 0.0632. The van der Waals surface area contributed by atoms with E-state index in [4.69, 9.17) is 4.74 Å². The molecule has 0 spiro atoms. The predicted octanol–water partition coefficient (Wildman–Crippen LogP) is 0.161. The molecule has 0 bridgehead atoms. The minimum atomic E-state index is -0.971. The molecule has 4 amide bonds. The summed E-state index contributed by atoms with van der Waals surface area (Å²) in [7, 11) is 1.48. The molecular weight excluding hydrogens is 364 g/mol. The van der Waals surface area contributed by atoms with Crippen LogP contribution in [0, 0.1) is 0 Å². The van der Waals surface area contributed by atoms with Gasteiger partial charge in [-0.05, 0) is 19.1 Å². The van der Waals surface area contributed by atoms with Gasteiger partial charge < -0.3 is 19.4 Å². The van der Waals surface area contributed by atoms with Crippen LogP contribution in [0.2, 0.25) is 0 Å². The summed E-state index contributed by atoms with van der Waals surface area (Å²) in [6, 6.07) is 9.42. The second kappa shape index (κ2) is 8.28. The number of urea groups is 1. The van der Waals surface area contributed by atoms with Crippen molar-refractivity contribution >= 4 is 29.5 Å². The molecule has 0 unspecified atom stereocenters. The van der Waals surface area contributed by atoms with E-state index in [0.717, 1.165) is 10.6 Å². The summed E-state index contributed by atoms with van der Waals surface area (Å²) < 4.78 is 5.16. The third kappa shape index (κ3) is 4.24. The zero-order valence-electron chi connectivity index (χ0n) is 16.0. The van der Waals surface area contributed by atoms with E-state index in [9.17, 15) is 19.2 Å². The Morgan fingerprint density at radius 3 is 2.29 bits per heavy atom. The SMILES string of the molecule is C[C@H](OC(=O)CN1C(=O)CN(C)C1=O)C(=O)N1CCN(c2ccccc2)CC1. The van der Waals surface area contributed by atoms with Crippen LogP contribution in [-0.2, 0) is 19.1 Å². The van der Waals surface area contributed by atoms with Crippen molar-refractivity contribution in [2.75, 3.05) is 51.2 Å². The number of esters is 1. The molecule has 28 heavy (non-hydrogen) atoms. The molecule has 3 rings (SSSR count). The van der Waals surface area contributed by atoms with Crippen LogP contribution in [0.5, 0.6) is 0 Å². The molecule has 1 atom stereocenters. The van der Waals surface area contributed by atoms with E-state index >= 15 is 0 Å². The lowest BCUT2D eigenvalue weighted by Crippen LogP contribution is -2.52. The van der Waals surface area contributed by atoms with Crippen molar-refractivity contribution in [2.24, 2.45) is 0 Å². The summed E-state index contributed by atoms with van der Waals surface area (Å²) in [6.45, 7) is 3.41. The van der Waals surface area contributed by atoms with Crippen LogP contribution in [-0.4, -0.2) is 90.9 Å². The van der Waals surface area contributed by atoms with Crippen molar-refractivity contribution in [3.05, 3.63) is 30.3 Å². The number of amides is 4. The monoisotopic (exact) mass is 388 g/mol. The predicted molar refractivity (Wildman–Crippen MR) is 101 cm³/mol. The number of piperazine rings is 1. The number of carbonyl (C=O) groups is 4. The average molecular weight is 388 g/mol. The number of nitrogens with zero attached hydrogens (tertiary/aromatic N) is 4. The summed E-state index contributed by atoms with van der Waals surface area (Å²) >= 11 is 0. The molecular formula is C19H24N4O5. The van der Waals surface area contributed by atoms with Gasteiger partial charge in [0.25, 0.3) is 11.8 Å². The van der Waals surface area contributed by atoms with E-state index in [0.29, 0.717) is 26.2 Å². The van der Waals surface area contributed by atoms with Crippen molar-refractivity contribution in [3.8, 4) is 0 Å². The van der Waals surface area contributed by atoms with Gasteiger partial charge in [-0.2, -0.15) is 0 Å². The van der Waals surface area contributed by atoms with Crippen LogP contribution in [0.1, 0.15) is 6.92 Å².